The zero-order chi connectivity index (χ0) is 16.4. The van der Waals surface area contributed by atoms with Crippen molar-refractivity contribution in [3.8, 4) is 0 Å². The minimum atomic E-state index is -0.305. The monoisotopic (exact) mass is 341 g/mol. The molecule has 0 aliphatic carbocycles. The van der Waals surface area contributed by atoms with Gasteiger partial charge in [-0.3, -0.25) is 10.6 Å². The Hall–Kier alpha value is -3.07. The molecule has 0 radical (unpaired) electrons. The minimum absolute atomic E-state index is 0.305. The molecule has 8 nitrogen and oxygen atoms in total. The molecule has 0 saturated carbocycles. The van der Waals surface area contributed by atoms with Crippen molar-refractivity contribution in [3.05, 3.63) is 48.6 Å². The molecule has 0 unspecified atom stereocenters. The standard InChI is InChI=1S/C15H15N7OS/c23-15(21-12-7-16-8-20-12)22-13-5-10-14(24-13)9(6-19-10)1-2-11-17-3-4-18-11/h3-8,19H,1-2H2,(H,16,20)(H,17,18)(H2,21,22,23). The van der Waals surface area contributed by atoms with E-state index in [9.17, 15) is 4.79 Å². The van der Waals surface area contributed by atoms with Crippen LogP contribution in [0.15, 0.2) is 37.2 Å². The number of thiophene rings is 1. The van der Waals surface area contributed by atoms with Gasteiger partial charge in [-0.15, -0.1) is 11.3 Å². The first-order valence-electron chi connectivity index (χ1n) is 7.42. The minimum Gasteiger partial charge on any atom is -0.360 e. The summed E-state index contributed by atoms with van der Waals surface area (Å²) in [7, 11) is 0. The first-order chi connectivity index (χ1) is 11.8. The molecule has 0 bridgehead atoms. The van der Waals surface area contributed by atoms with Crippen molar-refractivity contribution in [1.82, 2.24) is 24.9 Å². The summed E-state index contributed by atoms with van der Waals surface area (Å²) >= 11 is 1.55. The topological polar surface area (TPSA) is 114 Å². The molecule has 24 heavy (non-hydrogen) atoms. The lowest BCUT2D eigenvalue weighted by molar-refractivity contribution is 0.262. The van der Waals surface area contributed by atoms with Gasteiger partial charge in [0.1, 0.15) is 11.6 Å². The highest BCUT2D eigenvalue weighted by molar-refractivity contribution is 7.23. The van der Waals surface area contributed by atoms with Crippen LogP contribution >= 0.6 is 11.3 Å². The number of carbonyl (C=O) groups is 1. The van der Waals surface area contributed by atoms with Crippen LogP contribution in [0.3, 0.4) is 0 Å². The maximum Gasteiger partial charge on any atom is 0.325 e. The van der Waals surface area contributed by atoms with Crippen molar-refractivity contribution in [2.75, 3.05) is 10.6 Å². The summed E-state index contributed by atoms with van der Waals surface area (Å²) in [5, 5.41) is 6.30. The van der Waals surface area contributed by atoms with Crippen molar-refractivity contribution in [2.24, 2.45) is 0 Å². The molecule has 0 saturated heterocycles. The SMILES string of the molecule is O=C(Nc1cnc[nH]1)Nc1cc2[nH]cc(CCc3ncc[nH]3)c2s1. The Morgan fingerprint density at radius 3 is 2.96 bits per heavy atom. The predicted octanol–water partition coefficient (Wildman–Crippen LogP) is 3.10. The quantitative estimate of drug-likeness (QED) is 0.384. The Balaban J connectivity index is 1.44. The number of aromatic nitrogens is 5. The third kappa shape index (κ3) is 3.01. The number of H-pyrrole nitrogens is 3. The van der Waals surface area contributed by atoms with Crippen LogP contribution in [-0.4, -0.2) is 31.0 Å². The van der Waals surface area contributed by atoms with Gasteiger partial charge in [-0.1, -0.05) is 0 Å². The van der Waals surface area contributed by atoms with Gasteiger partial charge in [0.05, 0.1) is 27.7 Å². The van der Waals surface area contributed by atoms with Crippen molar-refractivity contribution < 1.29 is 4.79 Å². The lowest BCUT2D eigenvalue weighted by Gasteiger charge is -2.02. The summed E-state index contributed by atoms with van der Waals surface area (Å²) in [6.45, 7) is 0. The maximum atomic E-state index is 12.0. The molecule has 0 aromatic carbocycles. The second kappa shape index (κ2) is 6.20. The molecule has 4 rings (SSSR count). The van der Waals surface area contributed by atoms with Crippen LogP contribution in [0.5, 0.6) is 0 Å². The smallest absolute Gasteiger partial charge is 0.325 e. The Kier molecular flexibility index (Phi) is 3.75. The van der Waals surface area contributed by atoms with Gasteiger partial charge < -0.3 is 15.0 Å². The molecule has 4 aromatic heterocycles. The largest absolute Gasteiger partial charge is 0.360 e. The fourth-order valence-electron chi connectivity index (χ4n) is 2.49. The summed E-state index contributed by atoms with van der Waals surface area (Å²) in [4.78, 5) is 29.2. The average Bonchev–Trinajstić information content (AvgIpc) is 3.31. The van der Waals surface area contributed by atoms with E-state index in [4.69, 9.17) is 0 Å². The molecule has 122 valence electrons. The van der Waals surface area contributed by atoms with Crippen LogP contribution in [0.4, 0.5) is 15.6 Å². The third-order valence-electron chi connectivity index (χ3n) is 3.59. The van der Waals surface area contributed by atoms with Crippen molar-refractivity contribution in [3.63, 3.8) is 0 Å². The van der Waals surface area contributed by atoms with Crippen LogP contribution in [0, 0.1) is 0 Å². The number of hydrogen-bond acceptors (Lipinski definition) is 4. The molecule has 0 atom stereocenters. The van der Waals surface area contributed by atoms with Gasteiger partial charge in [0.15, 0.2) is 0 Å². The molecule has 0 spiro atoms. The van der Waals surface area contributed by atoms with E-state index in [1.807, 2.05) is 18.5 Å². The number of hydrogen-bond donors (Lipinski definition) is 5. The van der Waals surface area contributed by atoms with E-state index < -0.39 is 0 Å². The van der Waals surface area contributed by atoms with Crippen LogP contribution in [0.1, 0.15) is 11.4 Å². The molecule has 0 aliphatic heterocycles. The molecule has 5 N–H and O–H groups in total. The zero-order valence-electron chi connectivity index (χ0n) is 12.6. The van der Waals surface area contributed by atoms with E-state index in [1.165, 1.54) is 11.9 Å². The molecular formula is C15H15N7OS. The van der Waals surface area contributed by atoms with E-state index >= 15 is 0 Å². The van der Waals surface area contributed by atoms with E-state index in [0.29, 0.717) is 5.82 Å². The van der Waals surface area contributed by atoms with Gasteiger partial charge in [-0.2, -0.15) is 0 Å². The van der Waals surface area contributed by atoms with E-state index in [-0.39, 0.29) is 6.03 Å². The highest BCUT2D eigenvalue weighted by Gasteiger charge is 2.11. The summed E-state index contributed by atoms with van der Waals surface area (Å²) in [6.07, 6.45) is 10.4. The Morgan fingerprint density at radius 1 is 1.21 bits per heavy atom. The van der Waals surface area contributed by atoms with Crippen molar-refractivity contribution in [1.29, 1.82) is 0 Å². The number of aromatic amines is 3. The fraction of sp³-hybridized carbons (Fsp3) is 0.133. The number of anilines is 2. The van der Waals surface area contributed by atoms with Gasteiger partial charge in [-0.25, -0.2) is 14.8 Å². The second-order valence-electron chi connectivity index (χ2n) is 5.25. The van der Waals surface area contributed by atoms with E-state index in [0.717, 1.165) is 33.9 Å². The molecule has 9 heteroatoms. The van der Waals surface area contributed by atoms with Crippen LogP contribution < -0.4 is 10.6 Å². The van der Waals surface area contributed by atoms with Gasteiger partial charge in [0, 0.05) is 25.0 Å². The Labute approximate surface area is 140 Å². The zero-order valence-corrected chi connectivity index (χ0v) is 13.4. The number of rotatable bonds is 5. The number of urea groups is 1. The summed E-state index contributed by atoms with van der Waals surface area (Å²) in [6, 6.07) is 1.63. The molecule has 2 amide bonds. The van der Waals surface area contributed by atoms with Gasteiger partial charge in [0.2, 0.25) is 0 Å². The van der Waals surface area contributed by atoms with Crippen LogP contribution in [0.2, 0.25) is 0 Å². The summed E-state index contributed by atoms with van der Waals surface area (Å²) < 4.78 is 1.15. The van der Waals surface area contributed by atoms with Crippen LogP contribution in [-0.2, 0) is 12.8 Å². The number of nitrogens with one attached hydrogen (secondary N) is 5. The first-order valence-corrected chi connectivity index (χ1v) is 8.24. The molecule has 0 fully saturated rings. The van der Waals surface area contributed by atoms with Gasteiger partial charge >= 0.3 is 6.03 Å². The lowest BCUT2D eigenvalue weighted by atomic mass is 10.2. The third-order valence-corrected chi connectivity index (χ3v) is 4.72. The van der Waals surface area contributed by atoms with Gasteiger partial charge in [0.25, 0.3) is 0 Å². The van der Waals surface area contributed by atoms with Crippen molar-refractivity contribution in [2.45, 2.75) is 12.8 Å². The fourth-order valence-corrected chi connectivity index (χ4v) is 3.55. The number of nitrogens with zero attached hydrogens (tertiary/aromatic N) is 2. The van der Waals surface area contributed by atoms with Crippen LogP contribution in [0.25, 0.3) is 10.2 Å². The molecule has 4 aromatic rings. The molecule has 4 heterocycles. The predicted molar refractivity (Wildman–Crippen MR) is 93.4 cm³/mol. The normalized spacial score (nSPS) is 11.0. The number of aryl methyl sites for hydroxylation is 2. The Bertz CT molecular complexity index is 936. The lowest BCUT2D eigenvalue weighted by Crippen LogP contribution is -2.18. The number of amides is 2. The number of carbonyl (C=O) groups excluding carboxylic acids is 1. The van der Waals surface area contributed by atoms with E-state index in [1.54, 1.807) is 23.7 Å². The number of fused-ring (bicyclic) bond motifs is 1. The average molecular weight is 341 g/mol. The molecule has 0 aliphatic rings. The molecular weight excluding hydrogens is 326 g/mol. The van der Waals surface area contributed by atoms with Crippen molar-refractivity contribution >= 4 is 38.4 Å². The van der Waals surface area contributed by atoms with E-state index in [2.05, 4.69) is 35.6 Å². The Morgan fingerprint density at radius 2 is 2.17 bits per heavy atom. The maximum absolute atomic E-state index is 12.0. The summed E-state index contributed by atoms with van der Waals surface area (Å²) in [5.41, 5.74) is 2.24. The first kappa shape index (κ1) is 14.5. The summed E-state index contributed by atoms with van der Waals surface area (Å²) in [5.74, 6) is 1.52. The highest BCUT2D eigenvalue weighted by Crippen LogP contribution is 2.32. The second-order valence-corrected chi connectivity index (χ2v) is 6.30. The number of imidazole rings is 2. The van der Waals surface area contributed by atoms with Gasteiger partial charge in [-0.05, 0) is 18.1 Å². The highest BCUT2D eigenvalue weighted by atomic mass is 32.1.